The third-order valence-corrected chi connectivity index (χ3v) is 5.02. The predicted molar refractivity (Wildman–Crippen MR) is 115 cm³/mol. The van der Waals surface area contributed by atoms with Gasteiger partial charge in [0.05, 0.1) is 30.7 Å². The summed E-state index contributed by atoms with van der Waals surface area (Å²) in [5, 5.41) is 19.6. The Labute approximate surface area is 181 Å². The largest absolute Gasteiger partial charge is 0.486 e. The molecule has 2 N–H and O–H groups in total. The van der Waals surface area contributed by atoms with Crippen molar-refractivity contribution >= 4 is 11.5 Å². The summed E-state index contributed by atoms with van der Waals surface area (Å²) in [7, 11) is 0. The Morgan fingerprint density at radius 1 is 1.32 bits per heavy atom. The number of carbonyl (C=O) groups is 1. The van der Waals surface area contributed by atoms with E-state index in [4.69, 9.17) is 10.1 Å². The molecule has 0 saturated heterocycles. The third kappa shape index (κ3) is 6.63. The van der Waals surface area contributed by atoms with Crippen LogP contribution in [-0.4, -0.2) is 46.3 Å². The summed E-state index contributed by atoms with van der Waals surface area (Å²) in [6.07, 6.45) is 3.61. The Hall–Kier alpha value is -2.71. The number of hydrogen-bond donors (Lipinski definition) is 2. The number of aryl methyl sites for hydroxylation is 1. The van der Waals surface area contributed by atoms with Crippen molar-refractivity contribution in [2.24, 2.45) is 0 Å². The smallest absolute Gasteiger partial charge is 0.272 e. The van der Waals surface area contributed by atoms with Crippen LogP contribution in [0.5, 0.6) is 5.75 Å². The number of allylic oxidation sites excluding steroid dienone is 4. The van der Waals surface area contributed by atoms with Gasteiger partial charge in [-0.3, -0.25) is 9.78 Å². The number of ether oxygens (including phenoxy) is 1. The van der Waals surface area contributed by atoms with Gasteiger partial charge in [0, 0.05) is 5.57 Å². The van der Waals surface area contributed by atoms with E-state index in [2.05, 4.69) is 4.98 Å². The molecular formula is C23H29F2N3O3. The normalized spacial score (nSPS) is 14.5. The van der Waals surface area contributed by atoms with Gasteiger partial charge in [-0.15, -0.1) is 0 Å². The molecule has 0 spiro atoms. The Morgan fingerprint density at radius 2 is 2.03 bits per heavy atom. The predicted octanol–water partition coefficient (Wildman–Crippen LogP) is 4.82. The van der Waals surface area contributed by atoms with Gasteiger partial charge < -0.3 is 15.4 Å². The molecule has 0 fully saturated rings. The molecule has 1 aliphatic rings. The van der Waals surface area contributed by atoms with Gasteiger partial charge in [0.2, 0.25) is 5.78 Å². The van der Waals surface area contributed by atoms with E-state index >= 15 is 0 Å². The molecule has 1 heterocycles. The molecule has 0 saturated carbocycles. The molecule has 1 aromatic rings. The maximum absolute atomic E-state index is 12.9. The third-order valence-electron chi connectivity index (χ3n) is 5.02. The van der Waals surface area contributed by atoms with Gasteiger partial charge in [-0.25, -0.2) is 8.78 Å². The molecule has 0 aromatic carbocycles. The van der Waals surface area contributed by atoms with Crippen LogP contribution in [0.3, 0.4) is 0 Å². The number of nitrogens with one attached hydrogen (secondary N) is 1. The zero-order chi connectivity index (χ0) is 23.1. The average Bonchev–Trinajstić information content (AvgIpc) is 2.84. The molecular weight excluding hydrogens is 404 g/mol. The van der Waals surface area contributed by atoms with Crippen LogP contribution in [-0.2, 0) is 11.3 Å². The molecule has 168 valence electrons. The lowest BCUT2D eigenvalue weighted by Crippen LogP contribution is -2.27. The van der Waals surface area contributed by atoms with Crippen molar-refractivity contribution in [1.82, 2.24) is 10.0 Å². The highest BCUT2D eigenvalue weighted by Gasteiger charge is 2.24. The zero-order valence-corrected chi connectivity index (χ0v) is 18.3. The Balaban J connectivity index is 2.20. The van der Waals surface area contributed by atoms with Gasteiger partial charge in [0.15, 0.2) is 0 Å². The van der Waals surface area contributed by atoms with Crippen LogP contribution in [0.25, 0.3) is 0 Å². The van der Waals surface area contributed by atoms with E-state index in [1.54, 1.807) is 19.9 Å². The van der Waals surface area contributed by atoms with Gasteiger partial charge in [-0.2, -0.15) is 5.06 Å². The molecule has 31 heavy (non-hydrogen) atoms. The van der Waals surface area contributed by atoms with Gasteiger partial charge in [-0.1, -0.05) is 24.6 Å². The number of Topliss-reactive ketones (excluding diaryl/α,β-unsaturated/α-hetero) is 1. The summed E-state index contributed by atoms with van der Waals surface area (Å²) in [6.45, 7) is 6.67. The van der Waals surface area contributed by atoms with Gasteiger partial charge in [-0.05, 0) is 56.4 Å². The fraction of sp³-hybridized carbons (Fsp3) is 0.435. The first-order valence-corrected chi connectivity index (χ1v) is 10.1. The molecule has 0 atom stereocenters. The standard InChI is InChI=1S/C23H29F2N3O3/c1-5-19(26)23(29)22-15(3)8-6-7-14(2)18(22)12-28(30)11-17-9-16(4)20(10-27-17)31-13-21(24)25/h6-7,9-10,21,26,30H,5,8,11-13H2,1-4H3. The summed E-state index contributed by atoms with van der Waals surface area (Å²) in [5.41, 5.74) is 4.05. The summed E-state index contributed by atoms with van der Waals surface area (Å²) >= 11 is 0. The van der Waals surface area contributed by atoms with Crippen molar-refractivity contribution < 1.29 is 23.5 Å². The molecule has 0 radical (unpaired) electrons. The monoisotopic (exact) mass is 433 g/mol. The van der Waals surface area contributed by atoms with Crippen LogP contribution in [0.15, 0.2) is 46.7 Å². The fourth-order valence-corrected chi connectivity index (χ4v) is 3.33. The molecule has 1 aromatic heterocycles. The second-order valence-electron chi connectivity index (χ2n) is 7.55. The van der Waals surface area contributed by atoms with Gasteiger partial charge >= 0.3 is 0 Å². The van der Waals surface area contributed by atoms with E-state index in [1.165, 1.54) is 6.20 Å². The molecule has 6 nitrogen and oxygen atoms in total. The average molecular weight is 433 g/mol. The summed E-state index contributed by atoms with van der Waals surface area (Å²) in [4.78, 5) is 17.0. The zero-order valence-electron chi connectivity index (χ0n) is 18.3. The second kappa shape index (κ2) is 11.1. The number of hydrogen-bond acceptors (Lipinski definition) is 6. The summed E-state index contributed by atoms with van der Waals surface area (Å²) in [6, 6.07) is 1.66. The number of aromatic nitrogens is 1. The van der Waals surface area contributed by atoms with Crippen molar-refractivity contribution in [2.45, 2.75) is 53.5 Å². The van der Waals surface area contributed by atoms with E-state index in [-0.39, 0.29) is 30.3 Å². The molecule has 0 bridgehead atoms. The van der Waals surface area contributed by atoms with Crippen molar-refractivity contribution in [3.8, 4) is 5.75 Å². The van der Waals surface area contributed by atoms with Gasteiger partial charge in [0.25, 0.3) is 6.43 Å². The minimum absolute atomic E-state index is 0.0303. The fourth-order valence-electron chi connectivity index (χ4n) is 3.33. The minimum atomic E-state index is -2.57. The van der Waals surface area contributed by atoms with Crippen LogP contribution < -0.4 is 4.74 Å². The number of nitrogens with zero attached hydrogens (tertiary/aromatic N) is 2. The second-order valence-corrected chi connectivity index (χ2v) is 7.55. The van der Waals surface area contributed by atoms with Gasteiger partial charge in [0.1, 0.15) is 12.4 Å². The van der Waals surface area contributed by atoms with E-state index < -0.39 is 13.0 Å². The summed E-state index contributed by atoms with van der Waals surface area (Å²) < 4.78 is 29.7. The Bertz CT molecular complexity index is 936. The number of ketones is 1. The maximum atomic E-state index is 12.9. The molecule has 0 unspecified atom stereocenters. The Morgan fingerprint density at radius 3 is 2.65 bits per heavy atom. The van der Waals surface area contributed by atoms with Crippen molar-refractivity contribution in [3.63, 3.8) is 0 Å². The highest BCUT2D eigenvalue weighted by Crippen LogP contribution is 2.28. The first-order valence-electron chi connectivity index (χ1n) is 10.1. The molecule has 0 amide bonds. The van der Waals surface area contributed by atoms with Crippen LogP contribution >= 0.6 is 0 Å². The lowest BCUT2D eigenvalue weighted by atomic mass is 9.91. The molecule has 1 aliphatic carbocycles. The lowest BCUT2D eigenvalue weighted by molar-refractivity contribution is -0.110. The lowest BCUT2D eigenvalue weighted by Gasteiger charge is -2.21. The van der Waals surface area contributed by atoms with Crippen molar-refractivity contribution in [3.05, 3.63) is 58.0 Å². The van der Waals surface area contributed by atoms with Crippen LogP contribution in [0.2, 0.25) is 0 Å². The SMILES string of the molecule is CCC(=N)C(=O)C1=C(C)CC=CC(C)=C1CN(O)Cc1cc(C)c(OCC(F)F)cn1. The van der Waals surface area contributed by atoms with Crippen LogP contribution in [0.4, 0.5) is 8.78 Å². The quantitative estimate of drug-likeness (QED) is 0.408. The van der Waals surface area contributed by atoms with E-state index in [0.29, 0.717) is 35.2 Å². The number of rotatable bonds is 10. The first-order chi connectivity index (χ1) is 14.6. The van der Waals surface area contributed by atoms with Crippen LogP contribution in [0.1, 0.15) is 44.9 Å². The van der Waals surface area contributed by atoms with Crippen molar-refractivity contribution in [2.75, 3.05) is 13.2 Å². The number of carbonyl (C=O) groups excluding carboxylic acids is 1. The van der Waals surface area contributed by atoms with E-state index in [9.17, 15) is 18.8 Å². The van der Waals surface area contributed by atoms with Crippen molar-refractivity contribution in [1.29, 1.82) is 5.41 Å². The van der Waals surface area contributed by atoms with E-state index in [1.807, 2.05) is 26.0 Å². The van der Waals surface area contributed by atoms with E-state index in [0.717, 1.165) is 16.2 Å². The first kappa shape index (κ1) is 24.6. The number of alkyl halides is 2. The molecule has 2 rings (SSSR count). The minimum Gasteiger partial charge on any atom is -0.486 e. The number of hydroxylamine groups is 2. The maximum Gasteiger partial charge on any atom is 0.272 e. The molecule has 8 heteroatoms. The Kier molecular flexibility index (Phi) is 8.76. The topological polar surface area (TPSA) is 86.5 Å². The van der Waals surface area contributed by atoms with Crippen LogP contribution in [0, 0.1) is 12.3 Å². The summed E-state index contributed by atoms with van der Waals surface area (Å²) in [5.74, 6) is -0.0496. The molecule has 0 aliphatic heterocycles. The highest BCUT2D eigenvalue weighted by molar-refractivity contribution is 6.45. The number of halogens is 2. The number of pyridine rings is 1. The highest BCUT2D eigenvalue weighted by atomic mass is 19.3.